The number of nitro benzene ring substituents is 1. The fourth-order valence-electron chi connectivity index (χ4n) is 2.05. The molecule has 0 heterocycles. The predicted octanol–water partition coefficient (Wildman–Crippen LogP) is 3.75. The van der Waals surface area contributed by atoms with E-state index in [2.05, 4.69) is 42.4 Å². The van der Waals surface area contributed by atoms with Crippen LogP contribution in [0.25, 0.3) is 0 Å². The highest BCUT2D eigenvalue weighted by atomic mass is 79.9. The number of hydrogen-bond donors (Lipinski definition) is 2. The summed E-state index contributed by atoms with van der Waals surface area (Å²) in [5.41, 5.74) is 2.56. The Morgan fingerprint density at radius 3 is 2.68 bits per heavy atom. The SMILES string of the molecule is CCOc1cc(C=NNC(=O)COc2ccccc2[N+](=O)[O-])c(Br)c(Br)c1O. The lowest BCUT2D eigenvalue weighted by Crippen LogP contribution is -2.24. The average molecular weight is 517 g/mol. The standard InChI is InChI=1S/C17H15Br2N3O6/c1-2-27-13-7-10(15(18)16(19)17(13)24)8-20-21-14(23)9-28-12-6-4-3-5-11(12)22(25)26/h3-8,24H,2,9H2,1H3,(H,21,23). The van der Waals surface area contributed by atoms with E-state index in [1.165, 1.54) is 24.4 Å². The largest absolute Gasteiger partial charge is 0.503 e. The van der Waals surface area contributed by atoms with Crippen LogP contribution in [0.2, 0.25) is 0 Å². The summed E-state index contributed by atoms with van der Waals surface area (Å²) in [5.74, 6) is -0.426. The zero-order chi connectivity index (χ0) is 20.7. The van der Waals surface area contributed by atoms with Crippen molar-refractivity contribution in [3.63, 3.8) is 0 Å². The van der Waals surface area contributed by atoms with Gasteiger partial charge in [0.1, 0.15) is 0 Å². The Bertz CT molecular complexity index is 920. The number of carbonyl (C=O) groups is 1. The molecule has 11 heteroatoms. The van der Waals surface area contributed by atoms with E-state index in [0.29, 0.717) is 21.1 Å². The van der Waals surface area contributed by atoms with Crippen molar-refractivity contribution in [2.75, 3.05) is 13.2 Å². The van der Waals surface area contributed by atoms with E-state index in [0.717, 1.165) is 0 Å². The lowest BCUT2D eigenvalue weighted by molar-refractivity contribution is -0.385. The molecule has 9 nitrogen and oxygen atoms in total. The number of nitrogens with one attached hydrogen (secondary N) is 1. The molecular formula is C17H15Br2N3O6. The van der Waals surface area contributed by atoms with E-state index in [1.807, 2.05) is 0 Å². The van der Waals surface area contributed by atoms with Crippen LogP contribution in [0.3, 0.4) is 0 Å². The molecule has 0 radical (unpaired) electrons. The van der Waals surface area contributed by atoms with E-state index >= 15 is 0 Å². The van der Waals surface area contributed by atoms with E-state index < -0.39 is 17.4 Å². The molecule has 0 saturated heterocycles. The van der Waals surface area contributed by atoms with Crippen LogP contribution in [0.1, 0.15) is 12.5 Å². The number of carbonyl (C=O) groups excluding carboxylic acids is 1. The Kier molecular flexibility index (Phi) is 7.76. The minimum absolute atomic E-state index is 0.0156. The summed E-state index contributed by atoms with van der Waals surface area (Å²) in [6.07, 6.45) is 1.35. The maximum atomic E-state index is 11.9. The minimum Gasteiger partial charge on any atom is -0.503 e. The van der Waals surface area contributed by atoms with Crippen molar-refractivity contribution in [2.24, 2.45) is 5.10 Å². The van der Waals surface area contributed by atoms with Gasteiger partial charge < -0.3 is 14.6 Å². The normalized spacial score (nSPS) is 10.7. The predicted molar refractivity (Wildman–Crippen MR) is 109 cm³/mol. The lowest BCUT2D eigenvalue weighted by atomic mass is 10.2. The first kappa shape index (κ1) is 21.6. The smallest absolute Gasteiger partial charge is 0.310 e. The molecule has 0 unspecified atom stereocenters. The van der Waals surface area contributed by atoms with E-state index in [9.17, 15) is 20.0 Å². The number of nitrogens with zero attached hydrogens (tertiary/aromatic N) is 2. The number of phenolic OH excluding ortho intramolecular Hbond substituents is 1. The fourth-order valence-corrected chi connectivity index (χ4v) is 2.88. The first-order valence-corrected chi connectivity index (χ1v) is 9.45. The molecule has 148 valence electrons. The van der Waals surface area contributed by atoms with Crippen molar-refractivity contribution < 1.29 is 24.3 Å². The van der Waals surface area contributed by atoms with Gasteiger partial charge >= 0.3 is 5.69 Å². The number of hydrogen-bond acceptors (Lipinski definition) is 7. The van der Waals surface area contributed by atoms with Crippen molar-refractivity contribution in [1.29, 1.82) is 0 Å². The molecule has 2 aromatic carbocycles. The summed E-state index contributed by atoms with van der Waals surface area (Å²) in [5, 5.41) is 24.7. The van der Waals surface area contributed by atoms with E-state index in [4.69, 9.17) is 9.47 Å². The third-order valence-electron chi connectivity index (χ3n) is 3.29. The summed E-state index contributed by atoms with van der Waals surface area (Å²) < 4.78 is 11.4. The van der Waals surface area contributed by atoms with Gasteiger partial charge in [-0.15, -0.1) is 0 Å². The molecular weight excluding hydrogens is 502 g/mol. The monoisotopic (exact) mass is 515 g/mol. The van der Waals surface area contributed by atoms with Gasteiger partial charge in [-0.25, -0.2) is 5.43 Å². The highest BCUT2D eigenvalue weighted by molar-refractivity contribution is 9.13. The van der Waals surface area contributed by atoms with Crippen LogP contribution in [-0.4, -0.2) is 35.4 Å². The first-order chi connectivity index (χ1) is 13.3. The lowest BCUT2D eigenvalue weighted by Gasteiger charge is -2.11. The van der Waals surface area contributed by atoms with E-state index in [-0.39, 0.29) is 22.9 Å². The van der Waals surface area contributed by atoms with Crippen molar-refractivity contribution in [3.8, 4) is 17.2 Å². The molecule has 0 spiro atoms. The molecule has 0 bridgehead atoms. The molecule has 0 atom stereocenters. The Morgan fingerprint density at radius 1 is 1.29 bits per heavy atom. The van der Waals surface area contributed by atoms with Crippen LogP contribution < -0.4 is 14.9 Å². The number of ether oxygens (including phenoxy) is 2. The summed E-state index contributed by atoms with van der Waals surface area (Å²) in [7, 11) is 0. The molecule has 0 aliphatic carbocycles. The number of phenols is 1. The third kappa shape index (κ3) is 5.42. The minimum atomic E-state index is -0.603. The number of aromatic hydroxyl groups is 1. The summed E-state index contributed by atoms with van der Waals surface area (Å²) in [6.45, 7) is 1.69. The highest BCUT2D eigenvalue weighted by Crippen LogP contribution is 2.41. The molecule has 0 fully saturated rings. The molecule has 0 saturated carbocycles. The van der Waals surface area contributed by atoms with Crippen molar-refractivity contribution in [1.82, 2.24) is 5.43 Å². The molecule has 2 rings (SSSR count). The second-order valence-electron chi connectivity index (χ2n) is 5.18. The van der Waals surface area contributed by atoms with Gasteiger partial charge in [-0.1, -0.05) is 12.1 Å². The van der Waals surface area contributed by atoms with Gasteiger partial charge in [0.05, 0.1) is 22.2 Å². The number of para-hydroxylation sites is 2. The Labute approximate surface area is 176 Å². The van der Waals surface area contributed by atoms with Gasteiger partial charge in [0.15, 0.2) is 23.9 Å². The van der Waals surface area contributed by atoms with Crippen LogP contribution >= 0.6 is 31.9 Å². The maximum Gasteiger partial charge on any atom is 0.310 e. The van der Waals surface area contributed by atoms with Crippen molar-refractivity contribution in [3.05, 3.63) is 55.0 Å². The van der Waals surface area contributed by atoms with Gasteiger partial charge in [-0.3, -0.25) is 14.9 Å². The van der Waals surface area contributed by atoms with Gasteiger partial charge in [0, 0.05) is 16.1 Å². The van der Waals surface area contributed by atoms with E-state index in [1.54, 1.807) is 19.1 Å². The molecule has 0 aliphatic rings. The van der Waals surface area contributed by atoms with Crippen LogP contribution in [0.4, 0.5) is 5.69 Å². The Hall–Kier alpha value is -2.66. The molecule has 0 aromatic heterocycles. The third-order valence-corrected chi connectivity index (χ3v) is 5.45. The highest BCUT2D eigenvalue weighted by Gasteiger charge is 2.16. The number of hydrazone groups is 1. The van der Waals surface area contributed by atoms with Crippen LogP contribution in [0.5, 0.6) is 17.2 Å². The molecule has 28 heavy (non-hydrogen) atoms. The number of halogens is 2. The summed E-state index contributed by atoms with van der Waals surface area (Å²) in [4.78, 5) is 22.2. The second kappa shape index (κ2) is 10.0. The molecule has 1 amide bonds. The Balaban J connectivity index is 2.01. The second-order valence-corrected chi connectivity index (χ2v) is 6.77. The average Bonchev–Trinajstić information content (AvgIpc) is 2.68. The zero-order valence-corrected chi connectivity index (χ0v) is 17.7. The number of amides is 1. The number of rotatable bonds is 8. The summed E-state index contributed by atoms with van der Waals surface area (Å²) in [6, 6.07) is 7.29. The van der Waals surface area contributed by atoms with Gasteiger partial charge in [-0.05, 0) is 50.9 Å². The molecule has 2 N–H and O–H groups in total. The van der Waals surface area contributed by atoms with Gasteiger partial charge in [-0.2, -0.15) is 5.10 Å². The quantitative estimate of drug-likeness (QED) is 0.313. The van der Waals surface area contributed by atoms with Crippen LogP contribution in [0.15, 0.2) is 44.4 Å². The number of nitro groups is 1. The number of benzene rings is 2. The van der Waals surface area contributed by atoms with Gasteiger partial charge in [0.2, 0.25) is 0 Å². The van der Waals surface area contributed by atoms with Crippen LogP contribution in [0, 0.1) is 10.1 Å². The summed E-state index contributed by atoms with van der Waals surface area (Å²) >= 11 is 6.55. The topological polar surface area (TPSA) is 123 Å². The maximum absolute atomic E-state index is 11.9. The zero-order valence-electron chi connectivity index (χ0n) is 14.5. The van der Waals surface area contributed by atoms with Crippen molar-refractivity contribution >= 4 is 49.7 Å². The molecule has 0 aliphatic heterocycles. The van der Waals surface area contributed by atoms with Crippen LogP contribution in [-0.2, 0) is 4.79 Å². The van der Waals surface area contributed by atoms with Gasteiger partial charge in [0.25, 0.3) is 5.91 Å². The molecule has 2 aromatic rings. The first-order valence-electron chi connectivity index (χ1n) is 7.87. The fraction of sp³-hybridized carbons (Fsp3) is 0.176. The Morgan fingerprint density at radius 2 is 2.00 bits per heavy atom. The van der Waals surface area contributed by atoms with Crippen molar-refractivity contribution in [2.45, 2.75) is 6.92 Å².